The molecule has 2 rings (SSSR count). The summed E-state index contributed by atoms with van der Waals surface area (Å²) in [4.78, 5) is 37.8. The van der Waals surface area contributed by atoms with Crippen LogP contribution in [0.2, 0.25) is 0 Å². The maximum absolute atomic E-state index is 13.1. The van der Waals surface area contributed by atoms with Gasteiger partial charge in [0, 0.05) is 20.0 Å². The molecule has 0 fully saturated rings. The van der Waals surface area contributed by atoms with Crippen LogP contribution < -0.4 is 5.32 Å². The molecule has 0 aliphatic carbocycles. The molecule has 0 heterocycles. The van der Waals surface area contributed by atoms with Gasteiger partial charge < -0.3 is 15.3 Å². The summed E-state index contributed by atoms with van der Waals surface area (Å²) >= 11 is 0. The number of carbonyl (C=O) groups is 3. The molecule has 0 radical (unpaired) electrons. The summed E-state index contributed by atoms with van der Waals surface area (Å²) in [5.74, 6) is -1.20. The second-order valence-electron chi connectivity index (χ2n) is 7.21. The lowest BCUT2D eigenvalue weighted by Gasteiger charge is -2.25. The molecule has 0 spiro atoms. The number of benzene rings is 2. The largest absolute Gasteiger partial charge is 0.478 e. The van der Waals surface area contributed by atoms with Gasteiger partial charge in [0.25, 0.3) is 0 Å². The fourth-order valence-corrected chi connectivity index (χ4v) is 2.85. The monoisotopic (exact) mass is 382 g/mol. The van der Waals surface area contributed by atoms with Gasteiger partial charge in [-0.15, -0.1) is 0 Å². The highest BCUT2D eigenvalue weighted by Gasteiger charge is 2.26. The van der Waals surface area contributed by atoms with E-state index in [0.29, 0.717) is 13.0 Å². The molecule has 0 bridgehead atoms. The number of carbonyl (C=O) groups excluding carboxylic acids is 2. The summed E-state index contributed by atoms with van der Waals surface area (Å²) in [5, 5.41) is 11.8. The molecule has 28 heavy (non-hydrogen) atoms. The first-order chi connectivity index (χ1) is 13.3. The zero-order valence-electron chi connectivity index (χ0n) is 16.4. The Morgan fingerprint density at radius 3 is 2.14 bits per heavy atom. The molecule has 0 saturated heterocycles. The maximum atomic E-state index is 13.1. The second kappa shape index (κ2) is 9.69. The SMILES string of the molecule is CC(C)CC(=O)NC(C(=O)N(C)Cc1ccc(C(=O)O)cc1)c1ccccc1. The lowest BCUT2D eigenvalue weighted by atomic mass is 10.0. The van der Waals surface area contributed by atoms with Crippen LogP contribution in [-0.2, 0) is 16.1 Å². The average molecular weight is 382 g/mol. The van der Waals surface area contributed by atoms with E-state index in [1.165, 1.54) is 17.0 Å². The lowest BCUT2D eigenvalue weighted by molar-refractivity contribution is -0.136. The van der Waals surface area contributed by atoms with E-state index >= 15 is 0 Å². The summed E-state index contributed by atoms with van der Waals surface area (Å²) in [6.07, 6.45) is 0.344. The third-order valence-corrected chi connectivity index (χ3v) is 4.28. The zero-order valence-corrected chi connectivity index (χ0v) is 16.4. The molecule has 0 aromatic heterocycles. The molecule has 2 N–H and O–H groups in total. The van der Waals surface area contributed by atoms with Gasteiger partial charge in [-0.2, -0.15) is 0 Å². The van der Waals surface area contributed by atoms with Gasteiger partial charge >= 0.3 is 5.97 Å². The van der Waals surface area contributed by atoms with Crippen molar-refractivity contribution in [1.29, 1.82) is 0 Å². The van der Waals surface area contributed by atoms with E-state index in [-0.39, 0.29) is 23.3 Å². The van der Waals surface area contributed by atoms with Gasteiger partial charge in [-0.05, 0) is 29.2 Å². The number of rotatable bonds is 8. The van der Waals surface area contributed by atoms with Crippen molar-refractivity contribution >= 4 is 17.8 Å². The highest BCUT2D eigenvalue weighted by Crippen LogP contribution is 2.18. The molecule has 0 saturated carbocycles. The van der Waals surface area contributed by atoms with Gasteiger partial charge in [0.15, 0.2) is 0 Å². The predicted molar refractivity (Wildman–Crippen MR) is 107 cm³/mol. The van der Waals surface area contributed by atoms with Crippen LogP contribution in [0.15, 0.2) is 54.6 Å². The first kappa shape index (κ1) is 21.2. The second-order valence-corrected chi connectivity index (χ2v) is 7.21. The van der Waals surface area contributed by atoms with Gasteiger partial charge in [-0.25, -0.2) is 4.79 Å². The van der Waals surface area contributed by atoms with Crippen molar-refractivity contribution in [3.63, 3.8) is 0 Å². The van der Waals surface area contributed by atoms with Crippen LogP contribution in [0.4, 0.5) is 0 Å². The van der Waals surface area contributed by atoms with Gasteiger partial charge in [0.2, 0.25) is 11.8 Å². The number of carboxylic acids is 1. The molecule has 1 atom stereocenters. The topological polar surface area (TPSA) is 86.7 Å². The Morgan fingerprint density at radius 2 is 1.61 bits per heavy atom. The van der Waals surface area contributed by atoms with E-state index in [2.05, 4.69) is 5.32 Å². The molecule has 1 unspecified atom stereocenters. The fourth-order valence-electron chi connectivity index (χ4n) is 2.85. The Hall–Kier alpha value is -3.15. The summed E-state index contributed by atoms with van der Waals surface area (Å²) in [6, 6.07) is 14.8. The number of likely N-dealkylation sites (N-methyl/N-ethyl adjacent to an activating group) is 1. The summed E-state index contributed by atoms with van der Waals surface area (Å²) < 4.78 is 0. The molecular weight excluding hydrogens is 356 g/mol. The molecule has 0 aliphatic rings. The lowest BCUT2D eigenvalue weighted by Crippen LogP contribution is -2.41. The average Bonchev–Trinajstić information content (AvgIpc) is 2.66. The van der Waals surface area contributed by atoms with Crippen LogP contribution in [0, 0.1) is 5.92 Å². The van der Waals surface area contributed by atoms with Crippen LogP contribution in [-0.4, -0.2) is 34.8 Å². The van der Waals surface area contributed by atoms with Crippen molar-refractivity contribution in [3.8, 4) is 0 Å². The van der Waals surface area contributed by atoms with E-state index in [9.17, 15) is 14.4 Å². The number of nitrogens with zero attached hydrogens (tertiary/aromatic N) is 1. The smallest absolute Gasteiger partial charge is 0.335 e. The van der Waals surface area contributed by atoms with Crippen molar-refractivity contribution in [1.82, 2.24) is 10.2 Å². The van der Waals surface area contributed by atoms with E-state index in [1.54, 1.807) is 19.2 Å². The van der Waals surface area contributed by atoms with E-state index in [0.717, 1.165) is 11.1 Å². The molecule has 148 valence electrons. The van der Waals surface area contributed by atoms with E-state index in [4.69, 9.17) is 5.11 Å². The van der Waals surface area contributed by atoms with Crippen LogP contribution in [0.25, 0.3) is 0 Å². The first-order valence-corrected chi connectivity index (χ1v) is 9.19. The Labute approximate surface area is 165 Å². The minimum absolute atomic E-state index is 0.170. The van der Waals surface area contributed by atoms with Gasteiger partial charge in [0.05, 0.1) is 5.56 Å². The van der Waals surface area contributed by atoms with Crippen molar-refractivity contribution in [3.05, 3.63) is 71.3 Å². The van der Waals surface area contributed by atoms with Crippen molar-refractivity contribution in [2.24, 2.45) is 5.92 Å². The number of aromatic carboxylic acids is 1. The quantitative estimate of drug-likeness (QED) is 0.734. The summed E-state index contributed by atoms with van der Waals surface area (Å²) in [7, 11) is 1.66. The van der Waals surface area contributed by atoms with Crippen LogP contribution in [0.5, 0.6) is 0 Å². The van der Waals surface area contributed by atoms with Crippen molar-refractivity contribution in [2.45, 2.75) is 32.9 Å². The van der Waals surface area contributed by atoms with Crippen LogP contribution >= 0.6 is 0 Å². The third-order valence-electron chi connectivity index (χ3n) is 4.28. The normalized spacial score (nSPS) is 11.7. The Kier molecular flexibility index (Phi) is 7.32. The van der Waals surface area contributed by atoms with Gasteiger partial charge in [-0.1, -0.05) is 56.3 Å². The molecular formula is C22H26N2O4. The highest BCUT2D eigenvalue weighted by atomic mass is 16.4. The highest BCUT2D eigenvalue weighted by molar-refractivity contribution is 5.89. The van der Waals surface area contributed by atoms with Gasteiger partial charge in [-0.3, -0.25) is 9.59 Å². The zero-order chi connectivity index (χ0) is 20.7. The van der Waals surface area contributed by atoms with E-state index < -0.39 is 12.0 Å². The number of nitrogens with one attached hydrogen (secondary N) is 1. The summed E-state index contributed by atoms with van der Waals surface area (Å²) in [5.41, 5.74) is 1.72. The predicted octanol–water partition coefficient (Wildman–Crippen LogP) is 3.25. The van der Waals surface area contributed by atoms with Crippen molar-refractivity contribution < 1.29 is 19.5 Å². The molecule has 2 amide bonds. The fraction of sp³-hybridized carbons (Fsp3) is 0.318. The molecule has 2 aromatic rings. The van der Waals surface area contributed by atoms with Crippen molar-refractivity contribution in [2.75, 3.05) is 7.05 Å². The standard InChI is InChI=1S/C22H26N2O4/c1-15(2)13-19(25)23-20(17-7-5-4-6-8-17)21(26)24(3)14-16-9-11-18(12-10-16)22(27)28/h4-12,15,20H,13-14H2,1-3H3,(H,23,25)(H,27,28). The van der Waals surface area contributed by atoms with Crippen LogP contribution in [0.3, 0.4) is 0 Å². The maximum Gasteiger partial charge on any atom is 0.335 e. The molecule has 6 nitrogen and oxygen atoms in total. The molecule has 0 aliphatic heterocycles. The number of hydrogen-bond acceptors (Lipinski definition) is 3. The Balaban J connectivity index is 2.15. The Morgan fingerprint density at radius 1 is 1.00 bits per heavy atom. The summed E-state index contributed by atoms with van der Waals surface area (Å²) in [6.45, 7) is 4.21. The minimum atomic E-state index is -0.993. The number of hydrogen-bond donors (Lipinski definition) is 2. The minimum Gasteiger partial charge on any atom is -0.478 e. The number of carboxylic acid groups (broad SMARTS) is 1. The van der Waals surface area contributed by atoms with Crippen LogP contribution in [0.1, 0.15) is 47.8 Å². The first-order valence-electron chi connectivity index (χ1n) is 9.19. The molecule has 2 aromatic carbocycles. The van der Waals surface area contributed by atoms with Gasteiger partial charge in [0.1, 0.15) is 6.04 Å². The third kappa shape index (κ3) is 5.94. The Bertz CT molecular complexity index is 816. The number of amides is 2. The van der Waals surface area contributed by atoms with E-state index in [1.807, 2.05) is 44.2 Å². The molecule has 6 heteroatoms.